The predicted molar refractivity (Wildman–Crippen MR) is 131 cm³/mol. The lowest BCUT2D eigenvalue weighted by Crippen LogP contribution is -2.38. The van der Waals surface area contributed by atoms with Gasteiger partial charge in [-0.2, -0.15) is 0 Å². The van der Waals surface area contributed by atoms with Gasteiger partial charge < -0.3 is 24.7 Å². The van der Waals surface area contributed by atoms with Crippen LogP contribution in [0, 0.1) is 5.82 Å². The molecule has 8 nitrogen and oxygen atoms in total. The van der Waals surface area contributed by atoms with Crippen LogP contribution in [-0.4, -0.2) is 53.5 Å². The molecule has 0 radical (unpaired) electrons. The smallest absolute Gasteiger partial charge is 0.251 e. The van der Waals surface area contributed by atoms with Crippen LogP contribution in [0.4, 0.5) is 10.3 Å². The van der Waals surface area contributed by atoms with E-state index in [4.69, 9.17) is 9.47 Å². The van der Waals surface area contributed by atoms with Gasteiger partial charge in [0.25, 0.3) is 5.56 Å². The number of anilines is 1. The summed E-state index contributed by atoms with van der Waals surface area (Å²) in [7, 11) is 1.44. The number of rotatable bonds is 7. The van der Waals surface area contributed by atoms with Gasteiger partial charge in [-0.3, -0.25) is 4.79 Å². The van der Waals surface area contributed by atoms with E-state index in [1.54, 1.807) is 35.2 Å². The molecule has 2 atom stereocenters. The molecule has 1 unspecified atom stereocenters. The zero-order valence-electron chi connectivity index (χ0n) is 19.7. The third kappa shape index (κ3) is 5.21. The predicted octanol–water partition coefficient (Wildman–Crippen LogP) is 3.39. The van der Waals surface area contributed by atoms with Crippen molar-refractivity contribution in [1.82, 2.24) is 19.9 Å². The van der Waals surface area contributed by atoms with Gasteiger partial charge in [0.2, 0.25) is 5.95 Å². The van der Waals surface area contributed by atoms with E-state index in [-0.39, 0.29) is 29.4 Å². The molecule has 35 heavy (non-hydrogen) atoms. The zero-order chi connectivity index (χ0) is 24.2. The lowest BCUT2D eigenvalue weighted by atomic mass is 9.97. The molecule has 2 aromatic heterocycles. The number of pyridine rings is 1. The highest BCUT2D eigenvalue weighted by Gasteiger charge is 2.29. The Kier molecular flexibility index (Phi) is 7.06. The molecular formula is C26H30FN5O3. The third-order valence-corrected chi connectivity index (χ3v) is 6.75. The van der Waals surface area contributed by atoms with Gasteiger partial charge in [0.1, 0.15) is 0 Å². The van der Waals surface area contributed by atoms with Crippen LogP contribution in [0.5, 0.6) is 5.75 Å². The summed E-state index contributed by atoms with van der Waals surface area (Å²) in [6.07, 6.45) is 7.20. The largest absolute Gasteiger partial charge is 0.494 e. The highest BCUT2D eigenvalue weighted by atomic mass is 19.1. The SMILES string of the molecule is COc1ccc(C([C@H]2CCCN2)n2ccc(-c3ccnc(NC4CCOCC4)n3)cc2=O)cc1F. The van der Waals surface area contributed by atoms with Crippen molar-refractivity contribution >= 4 is 5.95 Å². The van der Waals surface area contributed by atoms with Crippen LogP contribution < -0.4 is 20.9 Å². The number of hydrogen-bond acceptors (Lipinski definition) is 7. The summed E-state index contributed by atoms with van der Waals surface area (Å²) < 4.78 is 26.7. The number of methoxy groups -OCH3 is 1. The topological polar surface area (TPSA) is 90.3 Å². The van der Waals surface area contributed by atoms with Gasteiger partial charge in [0.15, 0.2) is 11.6 Å². The molecule has 5 rings (SSSR count). The molecule has 2 saturated heterocycles. The molecule has 9 heteroatoms. The Labute approximate surface area is 203 Å². The van der Waals surface area contributed by atoms with Gasteiger partial charge in [-0.25, -0.2) is 14.4 Å². The first-order chi connectivity index (χ1) is 17.1. The quantitative estimate of drug-likeness (QED) is 0.537. The number of hydrogen-bond donors (Lipinski definition) is 2. The van der Waals surface area contributed by atoms with Crippen molar-refractivity contribution in [1.29, 1.82) is 0 Å². The first kappa shape index (κ1) is 23.4. The van der Waals surface area contributed by atoms with Crippen LogP contribution in [0.15, 0.2) is 53.6 Å². The number of aromatic nitrogens is 3. The average Bonchev–Trinajstić information content (AvgIpc) is 3.41. The normalized spacial score (nSPS) is 19.4. The van der Waals surface area contributed by atoms with E-state index in [9.17, 15) is 9.18 Å². The Bertz CT molecular complexity index is 1220. The van der Waals surface area contributed by atoms with Crippen molar-refractivity contribution in [2.45, 2.75) is 43.8 Å². The maximum atomic E-state index is 14.5. The molecule has 2 aliphatic rings. The van der Waals surface area contributed by atoms with Crippen LogP contribution in [0.25, 0.3) is 11.3 Å². The van der Waals surface area contributed by atoms with Crippen molar-refractivity contribution in [2.75, 3.05) is 32.2 Å². The third-order valence-electron chi connectivity index (χ3n) is 6.75. The van der Waals surface area contributed by atoms with Crippen molar-refractivity contribution in [3.05, 3.63) is 70.5 Å². The van der Waals surface area contributed by atoms with Gasteiger partial charge in [0, 0.05) is 49.3 Å². The van der Waals surface area contributed by atoms with Gasteiger partial charge in [-0.05, 0) is 62.1 Å². The monoisotopic (exact) mass is 479 g/mol. The molecule has 2 N–H and O–H groups in total. The fourth-order valence-electron chi connectivity index (χ4n) is 4.93. The molecule has 4 heterocycles. The second-order valence-corrected chi connectivity index (χ2v) is 9.00. The molecule has 2 fully saturated rings. The summed E-state index contributed by atoms with van der Waals surface area (Å²) >= 11 is 0. The van der Waals surface area contributed by atoms with E-state index >= 15 is 0 Å². The van der Waals surface area contributed by atoms with Crippen LogP contribution in [0.1, 0.15) is 37.3 Å². The van der Waals surface area contributed by atoms with Gasteiger partial charge in [0.05, 0.1) is 18.8 Å². The van der Waals surface area contributed by atoms with Crippen molar-refractivity contribution in [3.8, 4) is 17.0 Å². The maximum absolute atomic E-state index is 14.5. The molecule has 0 aliphatic carbocycles. The number of ether oxygens (including phenoxy) is 2. The average molecular weight is 480 g/mol. The highest BCUT2D eigenvalue weighted by molar-refractivity contribution is 5.59. The molecule has 3 aromatic rings. The number of nitrogens with one attached hydrogen (secondary N) is 2. The van der Waals surface area contributed by atoms with E-state index in [1.165, 1.54) is 13.2 Å². The van der Waals surface area contributed by atoms with Crippen LogP contribution in [-0.2, 0) is 4.74 Å². The molecule has 2 aliphatic heterocycles. The highest BCUT2D eigenvalue weighted by Crippen LogP contribution is 2.30. The van der Waals surface area contributed by atoms with E-state index in [0.29, 0.717) is 17.2 Å². The lowest BCUT2D eigenvalue weighted by Gasteiger charge is -2.27. The number of nitrogens with zero attached hydrogens (tertiary/aromatic N) is 3. The fraction of sp³-hybridized carbons (Fsp3) is 0.423. The van der Waals surface area contributed by atoms with E-state index in [1.807, 2.05) is 12.1 Å². The van der Waals surface area contributed by atoms with Crippen molar-refractivity contribution in [2.24, 2.45) is 0 Å². The summed E-state index contributed by atoms with van der Waals surface area (Å²) in [5.74, 6) is 0.284. The standard InChI is InChI=1S/C26H30FN5O3/c1-34-23-5-4-18(15-20(23)27)25(22-3-2-10-28-22)32-12-7-17(16-24(32)33)21-6-11-29-26(31-21)30-19-8-13-35-14-9-19/h4-7,11-12,15-16,19,22,25,28H,2-3,8-10,13-14H2,1H3,(H,29,30,31)/t22-,25?/m1/s1. The van der Waals surface area contributed by atoms with Gasteiger partial charge in [-0.15, -0.1) is 0 Å². The van der Waals surface area contributed by atoms with E-state index in [0.717, 1.165) is 51.0 Å². The molecule has 0 bridgehead atoms. The minimum absolute atomic E-state index is 0.0284. The Hall–Kier alpha value is -3.30. The molecule has 0 amide bonds. The Morgan fingerprint density at radius 1 is 1.20 bits per heavy atom. The molecular weight excluding hydrogens is 449 g/mol. The summed E-state index contributed by atoms with van der Waals surface area (Å²) in [5, 5.41) is 6.84. The fourth-order valence-corrected chi connectivity index (χ4v) is 4.93. The zero-order valence-corrected chi connectivity index (χ0v) is 19.7. The molecule has 0 saturated carbocycles. The second-order valence-electron chi connectivity index (χ2n) is 9.00. The summed E-state index contributed by atoms with van der Waals surface area (Å²) in [4.78, 5) is 22.3. The molecule has 1 aromatic carbocycles. The Balaban J connectivity index is 1.44. The summed E-state index contributed by atoms with van der Waals surface area (Å²) in [6.45, 7) is 2.33. The first-order valence-corrected chi connectivity index (χ1v) is 12.1. The lowest BCUT2D eigenvalue weighted by molar-refractivity contribution is 0.0903. The Morgan fingerprint density at radius 2 is 2.06 bits per heavy atom. The minimum atomic E-state index is -0.441. The number of benzene rings is 1. The minimum Gasteiger partial charge on any atom is -0.494 e. The van der Waals surface area contributed by atoms with Crippen molar-refractivity contribution in [3.63, 3.8) is 0 Å². The first-order valence-electron chi connectivity index (χ1n) is 12.1. The summed E-state index contributed by atoms with van der Waals surface area (Å²) in [5.41, 5.74) is 1.94. The number of halogens is 1. The molecule has 0 spiro atoms. The van der Waals surface area contributed by atoms with Gasteiger partial charge >= 0.3 is 0 Å². The second kappa shape index (κ2) is 10.5. The molecule has 184 valence electrons. The van der Waals surface area contributed by atoms with Crippen molar-refractivity contribution < 1.29 is 13.9 Å². The van der Waals surface area contributed by atoms with E-state index < -0.39 is 5.82 Å². The van der Waals surface area contributed by atoms with Crippen LogP contribution >= 0.6 is 0 Å². The van der Waals surface area contributed by atoms with Crippen LogP contribution in [0.3, 0.4) is 0 Å². The Morgan fingerprint density at radius 3 is 2.77 bits per heavy atom. The van der Waals surface area contributed by atoms with E-state index in [2.05, 4.69) is 20.6 Å². The van der Waals surface area contributed by atoms with Crippen LogP contribution in [0.2, 0.25) is 0 Å². The maximum Gasteiger partial charge on any atom is 0.251 e. The summed E-state index contributed by atoms with van der Waals surface area (Å²) in [6, 6.07) is 10.1. The van der Waals surface area contributed by atoms with Gasteiger partial charge in [-0.1, -0.05) is 6.07 Å².